The van der Waals surface area contributed by atoms with E-state index in [2.05, 4.69) is 39.9 Å². The molecule has 1 atom stereocenters. The molecule has 2 nitrogen and oxygen atoms in total. The lowest BCUT2D eigenvalue weighted by atomic mass is 9.96. The summed E-state index contributed by atoms with van der Waals surface area (Å²) >= 11 is 0. The molecule has 96 valence electrons. The van der Waals surface area contributed by atoms with E-state index in [-0.39, 0.29) is 11.8 Å². The molecule has 0 heterocycles. The molecular weight excluding hydrogens is 198 g/mol. The second kappa shape index (κ2) is 8.60. The van der Waals surface area contributed by atoms with Gasteiger partial charge >= 0.3 is 0 Å². The molecule has 0 saturated heterocycles. The van der Waals surface area contributed by atoms with Crippen LogP contribution in [0.5, 0.6) is 0 Å². The third-order valence-corrected chi connectivity index (χ3v) is 2.86. The Morgan fingerprint density at radius 3 is 1.94 bits per heavy atom. The van der Waals surface area contributed by atoms with Crippen LogP contribution >= 0.6 is 0 Å². The van der Waals surface area contributed by atoms with Gasteiger partial charge in [0.05, 0.1) is 0 Å². The molecular formula is C14H29NO. The number of rotatable bonds is 8. The number of nitrogens with one attached hydrogen (secondary N) is 1. The van der Waals surface area contributed by atoms with Crippen LogP contribution in [0.3, 0.4) is 0 Å². The highest BCUT2D eigenvalue weighted by Gasteiger charge is 2.18. The van der Waals surface area contributed by atoms with Gasteiger partial charge in [-0.05, 0) is 32.1 Å². The summed E-state index contributed by atoms with van der Waals surface area (Å²) in [6.45, 7) is 10.8. The summed E-state index contributed by atoms with van der Waals surface area (Å²) in [7, 11) is 0. The molecule has 1 amide bonds. The average molecular weight is 227 g/mol. The van der Waals surface area contributed by atoms with Gasteiger partial charge in [-0.25, -0.2) is 0 Å². The Bertz CT molecular complexity index is 183. The van der Waals surface area contributed by atoms with Gasteiger partial charge in [0.15, 0.2) is 0 Å². The summed E-state index contributed by atoms with van der Waals surface area (Å²) in [5.41, 5.74) is 0. The first kappa shape index (κ1) is 15.5. The number of carbonyl (C=O) groups excluding carboxylic acids is 1. The van der Waals surface area contributed by atoms with Crippen LogP contribution in [0.1, 0.15) is 66.7 Å². The van der Waals surface area contributed by atoms with Crippen molar-refractivity contribution in [3.05, 3.63) is 0 Å². The molecule has 0 fully saturated rings. The maximum atomic E-state index is 12.0. The molecule has 1 N–H and O–H groups in total. The second-order valence-corrected chi connectivity index (χ2v) is 5.31. The minimum absolute atomic E-state index is 0.226. The second-order valence-electron chi connectivity index (χ2n) is 5.31. The fourth-order valence-electron chi connectivity index (χ4n) is 2.23. The van der Waals surface area contributed by atoms with Crippen LogP contribution < -0.4 is 5.32 Å². The Morgan fingerprint density at radius 1 is 1.06 bits per heavy atom. The smallest absolute Gasteiger partial charge is 0.223 e. The van der Waals surface area contributed by atoms with E-state index in [0.717, 1.165) is 32.1 Å². The van der Waals surface area contributed by atoms with Crippen molar-refractivity contribution in [2.45, 2.75) is 72.8 Å². The van der Waals surface area contributed by atoms with E-state index in [1.807, 2.05) is 0 Å². The van der Waals surface area contributed by atoms with Gasteiger partial charge in [-0.2, -0.15) is 0 Å². The number of carbonyl (C=O) groups is 1. The Morgan fingerprint density at radius 2 is 1.56 bits per heavy atom. The average Bonchev–Trinajstić information content (AvgIpc) is 2.15. The topological polar surface area (TPSA) is 29.1 Å². The molecule has 0 aliphatic heterocycles. The summed E-state index contributed by atoms with van der Waals surface area (Å²) in [4.78, 5) is 12.0. The molecule has 0 aliphatic rings. The molecule has 0 aromatic carbocycles. The highest BCUT2D eigenvalue weighted by Crippen LogP contribution is 2.14. The van der Waals surface area contributed by atoms with Crippen molar-refractivity contribution in [3.8, 4) is 0 Å². The zero-order valence-electron chi connectivity index (χ0n) is 11.7. The Balaban J connectivity index is 4.07. The molecule has 0 rings (SSSR count). The van der Waals surface area contributed by atoms with Crippen LogP contribution in [0.25, 0.3) is 0 Å². The van der Waals surface area contributed by atoms with Crippen molar-refractivity contribution in [3.63, 3.8) is 0 Å². The van der Waals surface area contributed by atoms with Gasteiger partial charge in [-0.15, -0.1) is 0 Å². The third-order valence-electron chi connectivity index (χ3n) is 2.86. The first-order chi connectivity index (χ1) is 7.51. The largest absolute Gasteiger partial charge is 0.353 e. The minimum atomic E-state index is 0.226. The normalized spacial score (nSPS) is 13.2. The molecule has 0 saturated carbocycles. The first-order valence-corrected chi connectivity index (χ1v) is 6.81. The van der Waals surface area contributed by atoms with Gasteiger partial charge < -0.3 is 5.32 Å². The molecule has 0 spiro atoms. The van der Waals surface area contributed by atoms with Crippen molar-refractivity contribution >= 4 is 5.91 Å². The van der Waals surface area contributed by atoms with Gasteiger partial charge in [-0.1, -0.05) is 40.5 Å². The van der Waals surface area contributed by atoms with E-state index in [1.54, 1.807) is 0 Å². The van der Waals surface area contributed by atoms with Crippen molar-refractivity contribution < 1.29 is 4.79 Å². The van der Waals surface area contributed by atoms with Crippen LogP contribution in [0.2, 0.25) is 0 Å². The summed E-state index contributed by atoms with van der Waals surface area (Å²) in [5, 5.41) is 3.14. The molecule has 0 aliphatic carbocycles. The van der Waals surface area contributed by atoms with Gasteiger partial charge in [0.25, 0.3) is 0 Å². The fourth-order valence-corrected chi connectivity index (χ4v) is 2.23. The van der Waals surface area contributed by atoms with Crippen LogP contribution in [-0.4, -0.2) is 11.9 Å². The maximum Gasteiger partial charge on any atom is 0.223 e. The molecule has 0 aromatic rings. The van der Waals surface area contributed by atoms with E-state index in [9.17, 15) is 4.79 Å². The van der Waals surface area contributed by atoms with Gasteiger partial charge in [-0.3, -0.25) is 4.79 Å². The van der Waals surface area contributed by atoms with E-state index in [0.29, 0.717) is 12.0 Å². The summed E-state index contributed by atoms with van der Waals surface area (Å²) in [6, 6.07) is 0.309. The predicted octanol–water partition coefficient (Wildman–Crippen LogP) is 3.75. The van der Waals surface area contributed by atoms with E-state index >= 15 is 0 Å². The van der Waals surface area contributed by atoms with Crippen LogP contribution in [0.4, 0.5) is 0 Å². The number of hydrogen-bond donors (Lipinski definition) is 1. The lowest BCUT2D eigenvalue weighted by molar-refractivity contribution is -0.126. The van der Waals surface area contributed by atoms with Crippen molar-refractivity contribution in [1.29, 1.82) is 0 Å². The lowest BCUT2D eigenvalue weighted by Gasteiger charge is -2.20. The van der Waals surface area contributed by atoms with Crippen molar-refractivity contribution in [2.75, 3.05) is 0 Å². The number of hydrogen-bond acceptors (Lipinski definition) is 1. The highest BCUT2D eigenvalue weighted by atomic mass is 16.1. The quantitative estimate of drug-likeness (QED) is 0.672. The third kappa shape index (κ3) is 6.86. The maximum absolute atomic E-state index is 12.0. The lowest BCUT2D eigenvalue weighted by Crippen LogP contribution is -2.37. The van der Waals surface area contributed by atoms with Gasteiger partial charge in [0, 0.05) is 12.0 Å². The Labute approximate surface area is 101 Å². The van der Waals surface area contributed by atoms with E-state index in [4.69, 9.17) is 0 Å². The summed E-state index contributed by atoms with van der Waals surface area (Å²) in [5.74, 6) is 1.13. The fraction of sp³-hybridized carbons (Fsp3) is 0.929. The van der Waals surface area contributed by atoms with Crippen molar-refractivity contribution in [2.24, 2.45) is 11.8 Å². The minimum Gasteiger partial charge on any atom is -0.353 e. The van der Waals surface area contributed by atoms with Crippen LogP contribution in [-0.2, 0) is 4.79 Å². The first-order valence-electron chi connectivity index (χ1n) is 6.81. The Hall–Kier alpha value is -0.530. The van der Waals surface area contributed by atoms with Gasteiger partial charge in [0.1, 0.15) is 0 Å². The molecule has 16 heavy (non-hydrogen) atoms. The van der Waals surface area contributed by atoms with Crippen LogP contribution in [0, 0.1) is 11.8 Å². The zero-order chi connectivity index (χ0) is 12.6. The molecule has 1 unspecified atom stereocenters. The Kier molecular flexibility index (Phi) is 8.32. The van der Waals surface area contributed by atoms with Gasteiger partial charge in [0.2, 0.25) is 5.91 Å². The van der Waals surface area contributed by atoms with Crippen molar-refractivity contribution in [1.82, 2.24) is 5.32 Å². The van der Waals surface area contributed by atoms with E-state index in [1.165, 1.54) is 0 Å². The molecule has 0 radical (unpaired) electrons. The number of amides is 1. The van der Waals surface area contributed by atoms with E-state index < -0.39 is 0 Å². The van der Waals surface area contributed by atoms with Crippen LogP contribution in [0.15, 0.2) is 0 Å². The standard InChI is InChI=1S/C14H29NO/c1-6-8-13(9-7-2)14(16)15-12(5)10-11(3)4/h11-13H,6-10H2,1-5H3,(H,15,16). The molecule has 2 heteroatoms. The molecule has 0 bridgehead atoms. The summed E-state index contributed by atoms with van der Waals surface area (Å²) in [6.07, 6.45) is 5.30. The zero-order valence-corrected chi connectivity index (χ0v) is 11.7. The SMILES string of the molecule is CCCC(CCC)C(=O)NC(C)CC(C)C. The summed E-state index contributed by atoms with van der Waals surface area (Å²) < 4.78 is 0. The monoisotopic (exact) mass is 227 g/mol. The molecule has 0 aromatic heterocycles. The predicted molar refractivity (Wildman–Crippen MR) is 70.4 cm³/mol. The highest BCUT2D eigenvalue weighted by molar-refractivity contribution is 5.78.